The molecule has 0 bridgehead atoms. The summed E-state index contributed by atoms with van der Waals surface area (Å²) in [7, 11) is -3.56. The van der Waals surface area contributed by atoms with Crippen molar-refractivity contribution in [1.29, 1.82) is 0 Å². The van der Waals surface area contributed by atoms with Crippen molar-refractivity contribution >= 4 is 15.7 Å². The van der Waals surface area contributed by atoms with Gasteiger partial charge >= 0.3 is 0 Å². The number of anilines is 1. The number of nitrogens with one attached hydrogen (secondary N) is 2. The second-order valence-corrected chi connectivity index (χ2v) is 7.82. The molecule has 0 aliphatic rings. The van der Waals surface area contributed by atoms with Gasteiger partial charge in [0.2, 0.25) is 10.0 Å². The van der Waals surface area contributed by atoms with E-state index in [0.717, 1.165) is 19.3 Å². The van der Waals surface area contributed by atoms with Gasteiger partial charge < -0.3 is 5.43 Å². The zero-order valence-corrected chi connectivity index (χ0v) is 14.0. The molecule has 0 aliphatic carbocycles. The molecule has 0 aromatic heterocycles. The molecule has 0 aliphatic heterocycles. The number of sulfonamides is 1. The van der Waals surface area contributed by atoms with Crippen LogP contribution in [0.15, 0.2) is 29.2 Å². The van der Waals surface area contributed by atoms with E-state index in [9.17, 15) is 8.42 Å². The minimum Gasteiger partial charge on any atom is -0.323 e. The smallest absolute Gasteiger partial charge is 0.242 e. The lowest BCUT2D eigenvalue weighted by Gasteiger charge is -2.25. The predicted octanol–water partition coefficient (Wildman–Crippen LogP) is 2.86. The van der Waals surface area contributed by atoms with E-state index in [1.807, 2.05) is 0 Å². The van der Waals surface area contributed by atoms with Crippen LogP contribution in [0.4, 0.5) is 5.69 Å². The van der Waals surface area contributed by atoms with Crippen molar-refractivity contribution in [1.82, 2.24) is 4.72 Å². The zero-order chi connectivity index (χ0) is 15.9. The van der Waals surface area contributed by atoms with E-state index in [0.29, 0.717) is 12.2 Å². The van der Waals surface area contributed by atoms with Crippen LogP contribution in [0.25, 0.3) is 0 Å². The Bertz CT molecular complexity index is 542. The van der Waals surface area contributed by atoms with E-state index in [-0.39, 0.29) is 10.3 Å². The molecule has 1 aromatic carbocycles. The van der Waals surface area contributed by atoms with Crippen LogP contribution in [0.2, 0.25) is 0 Å². The van der Waals surface area contributed by atoms with Crippen molar-refractivity contribution in [2.24, 2.45) is 11.3 Å². The first kappa shape index (κ1) is 17.9. The molecule has 5 nitrogen and oxygen atoms in total. The van der Waals surface area contributed by atoms with Crippen molar-refractivity contribution in [3.8, 4) is 0 Å². The Hall–Kier alpha value is -1.11. The predicted molar refractivity (Wildman–Crippen MR) is 87.4 cm³/mol. The fourth-order valence-electron chi connectivity index (χ4n) is 2.13. The van der Waals surface area contributed by atoms with Crippen LogP contribution >= 0.6 is 0 Å². The second kappa shape index (κ2) is 7.77. The third-order valence-electron chi connectivity index (χ3n) is 3.53. The fourth-order valence-corrected chi connectivity index (χ4v) is 3.54. The van der Waals surface area contributed by atoms with E-state index in [2.05, 4.69) is 30.9 Å². The second-order valence-electron chi connectivity index (χ2n) is 6.09. The van der Waals surface area contributed by atoms with Crippen LogP contribution in [0.5, 0.6) is 0 Å². The summed E-state index contributed by atoms with van der Waals surface area (Å²) in [6, 6.07) is 6.60. The molecule has 0 heterocycles. The topological polar surface area (TPSA) is 84.2 Å². The molecular weight excluding hydrogens is 286 g/mol. The third-order valence-corrected chi connectivity index (χ3v) is 4.99. The highest BCUT2D eigenvalue weighted by molar-refractivity contribution is 7.89. The van der Waals surface area contributed by atoms with Gasteiger partial charge in [-0.15, -0.1) is 0 Å². The number of benzene rings is 1. The van der Waals surface area contributed by atoms with Crippen LogP contribution in [0, 0.1) is 5.41 Å². The highest BCUT2D eigenvalue weighted by Crippen LogP contribution is 2.25. The molecule has 0 radical (unpaired) electrons. The van der Waals surface area contributed by atoms with Crippen molar-refractivity contribution in [3.05, 3.63) is 24.3 Å². The number of hydrazine groups is 1. The highest BCUT2D eigenvalue weighted by Gasteiger charge is 2.23. The average molecular weight is 313 g/mol. The molecule has 0 saturated heterocycles. The van der Waals surface area contributed by atoms with Crippen molar-refractivity contribution in [3.63, 3.8) is 0 Å². The van der Waals surface area contributed by atoms with Crippen LogP contribution in [0.3, 0.4) is 0 Å². The van der Waals surface area contributed by atoms with E-state index in [1.165, 1.54) is 6.42 Å². The molecule has 0 spiro atoms. The molecule has 0 atom stereocenters. The Morgan fingerprint density at radius 2 is 1.86 bits per heavy atom. The third kappa shape index (κ3) is 5.65. The van der Waals surface area contributed by atoms with Crippen LogP contribution in [-0.2, 0) is 10.0 Å². The van der Waals surface area contributed by atoms with Gasteiger partial charge in [0.1, 0.15) is 4.90 Å². The minimum atomic E-state index is -3.56. The molecule has 6 heteroatoms. The maximum Gasteiger partial charge on any atom is 0.242 e. The van der Waals surface area contributed by atoms with E-state index >= 15 is 0 Å². The largest absolute Gasteiger partial charge is 0.323 e. The first-order valence-electron chi connectivity index (χ1n) is 7.38. The summed E-state index contributed by atoms with van der Waals surface area (Å²) < 4.78 is 27.5. The zero-order valence-electron chi connectivity index (χ0n) is 13.1. The van der Waals surface area contributed by atoms with Gasteiger partial charge in [0.05, 0.1) is 5.69 Å². The van der Waals surface area contributed by atoms with Crippen molar-refractivity contribution in [2.75, 3.05) is 12.0 Å². The fraction of sp³-hybridized carbons (Fsp3) is 0.600. The van der Waals surface area contributed by atoms with Crippen LogP contribution < -0.4 is 16.0 Å². The SMILES string of the molecule is CCCCCC(C)(C)CNS(=O)(=O)c1ccccc1NN. The molecule has 0 saturated carbocycles. The molecule has 21 heavy (non-hydrogen) atoms. The minimum absolute atomic E-state index is 0.0622. The Labute approximate surface area is 128 Å². The number of para-hydroxylation sites is 1. The van der Waals surface area contributed by atoms with Gasteiger partial charge in [-0.1, -0.05) is 52.2 Å². The molecule has 1 aromatic rings. The summed E-state index contributed by atoms with van der Waals surface area (Å²) in [5.41, 5.74) is 2.76. The lowest BCUT2D eigenvalue weighted by atomic mass is 9.87. The quantitative estimate of drug-likeness (QED) is 0.372. The highest BCUT2D eigenvalue weighted by atomic mass is 32.2. The van der Waals surface area contributed by atoms with E-state index in [4.69, 9.17) is 5.84 Å². The molecule has 0 unspecified atom stereocenters. The maximum absolute atomic E-state index is 12.4. The molecular formula is C15H27N3O2S. The molecule has 0 amide bonds. The summed E-state index contributed by atoms with van der Waals surface area (Å²) in [6.07, 6.45) is 4.46. The summed E-state index contributed by atoms with van der Waals surface area (Å²) in [5.74, 6) is 5.37. The average Bonchev–Trinajstić information content (AvgIpc) is 2.45. The normalized spacial score (nSPS) is 12.4. The number of unbranched alkanes of at least 4 members (excludes halogenated alkanes) is 2. The van der Waals surface area contributed by atoms with Gasteiger partial charge in [-0.05, 0) is 24.0 Å². The van der Waals surface area contributed by atoms with Crippen molar-refractivity contribution < 1.29 is 8.42 Å². The Kier molecular flexibility index (Phi) is 6.64. The van der Waals surface area contributed by atoms with Gasteiger partial charge in [-0.3, -0.25) is 5.84 Å². The summed E-state index contributed by atoms with van der Waals surface area (Å²) >= 11 is 0. The monoisotopic (exact) mass is 313 g/mol. The number of rotatable bonds is 9. The molecule has 0 fully saturated rings. The van der Waals surface area contributed by atoms with Gasteiger partial charge in [-0.2, -0.15) is 0 Å². The summed E-state index contributed by atoms with van der Waals surface area (Å²) in [4.78, 5) is 0.178. The van der Waals surface area contributed by atoms with Gasteiger partial charge in [0, 0.05) is 6.54 Å². The lowest BCUT2D eigenvalue weighted by Crippen LogP contribution is -2.34. The Morgan fingerprint density at radius 3 is 2.48 bits per heavy atom. The van der Waals surface area contributed by atoms with Crippen LogP contribution in [-0.4, -0.2) is 15.0 Å². The van der Waals surface area contributed by atoms with Crippen molar-refractivity contribution in [2.45, 2.75) is 51.3 Å². The Morgan fingerprint density at radius 1 is 1.19 bits per heavy atom. The molecule has 4 N–H and O–H groups in total. The first-order valence-corrected chi connectivity index (χ1v) is 8.86. The summed E-state index contributed by atoms with van der Waals surface area (Å²) in [5, 5.41) is 0. The number of nitrogen functional groups attached to an aromatic ring is 1. The van der Waals surface area contributed by atoms with Crippen LogP contribution in [0.1, 0.15) is 46.5 Å². The number of hydrogen-bond acceptors (Lipinski definition) is 4. The first-order chi connectivity index (χ1) is 9.82. The van der Waals surface area contributed by atoms with E-state index < -0.39 is 10.0 Å². The van der Waals surface area contributed by atoms with E-state index in [1.54, 1.807) is 24.3 Å². The number of hydrogen-bond donors (Lipinski definition) is 3. The number of nitrogens with two attached hydrogens (primary N) is 1. The molecule has 120 valence electrons. The standard InChI is InChI=1S/C15H27N3O2S/c1-4-5-8-11-15(2,3)12-17-21(19,20)14-10-7-6-9-13(14)18-16/h6-7,9-10,17-18H,4-5,8,11-12,16H2,1-3H3. The lowest BCUT2D eigenvalue weighted by molar-refractivity contribution is 0.320. The Balaban J connectivity index is 2.72. The van der Waals surface area contributed by atoms with Gasteiger partial charge in [0.15, 0.2) is 0 Å². The van der Waals surface area contributed by atoms with Gasteiger partial charge in [-0.25, -0.2) is 13.1 Å². The summed E-state index contributed by atoms with van der Waals surface area (Å²) in [6.45, 7) is 6.74. The maximum atomic E-state index is 12.4. The molecule has 1 rings (SSSR count). The van der Waals surface area contributed by atoms with Gasteiger partial charge in [0.25, 0.3) is 0 Å².